The van der Waals surface area contributed by atoms with E-state index in [1.54, 1.807) is 0 Å². The van der Waals surface area contributed by atoms with E-state index in [4.69, 9.17) is 28.5 Å². The molecule has 1 rings (SSSR count). The second-order valence-electron chi connectivity index (χ2n) is 2.95. The summed E-state index contributed by atoms with van der Waals surface area (Å²) in [4.78, 5) is 3.81. The molecule has 0 amide bonds. The Hall–Kier alpha value is -0.780. The summed E-state index contributed by atoms with van der Waals surface area (Å²) in [7, 11) is 0. The molecule has 0 saturated heterocycles. The van der Waals surface area contributed by atoms with Gasteiger partial charge in [-0.05, 0) is 11.5 Å². The van der Waals surface area contributed by atoms with E-state index < -0.39 is 0 Å². The fourth-order valence-electron chi connectivity index (χ4n) is 1.09. The van der Waals surface area contributed by atoms with Gasteiger partial charge in [0.25, 0.3) is 0 Å². The lowest BCUT2D eigenvalue weighted by Crippen LogP contribution is -1.95. The maximum atomic E-state index is 8.68. The second-order valence-corrected chi connectivity index (χ2v) is 3.73. The van der Waals surface area contributed by atoms with Gasteiger partial charge in [-0.2, -0.15) is 5.26 Å². The van der Waals surface area contributed by atoms with Crippen LogP contribution in [0.1, 0.15) is 31.0 Å². The van der Waals surface area contributed by atoms with E-state index in [1.165, 1.54) is 6.20 Å². The number of aromatic nitrogens is 1. The standard InChI is InChI=1S/C9H8Cl2N2/c1-5(2)8-6(10)4-13-7(3-12)9(8)11/h4-5H,1-2H3. The van der Waals surface area contributed by atoms with Crippen molar-refractivity contribution < 1.29 is 0 Å². The van der Waals surface area contributed by atoms with Gasteiger partial charge in [0.1, 0.15) is 6.07 Å². The molecule has 0 bridgehead atoms. The molecule has 0 aliphatic heterocycles. The molecule has 13 heavy (non-hydrogen) atoms. The Kier molecular flexibility index (Phi) is 3.13. The molecule has 68 valence electrons. The third-order valence-electron chi connectivity index (χ3n) is 1.69. The Morgan fingerprint density at radius 2 is 2.08 bits per heavy atom. The molecule has 0 aliphatic rings. The van der Waals surface area contributed by atoms with Gasteiger partial charge >= 0.3 is 0 Å². The van der Waals surface area contributed by atoms with Crippen molar-refractivity contribution in [1.29, 1.82) is 5.26 Å². The molecular weight excluding hydrogens is 207 g/mol. The fourth-order valence-corrected chi connectivity index (χ4v) is 1.91. The summed E-state index contributed by atoms with van der Waals surface area (Å²) in [6.45, 7) is 3.93. The highest BCUT2D eigenvalue weighted by Gasteiger charge is 2.14. The molecular formula is C9H8Cl2N2. The molecule has 0 spiro atoms. The van der Waals surface area contributed by atoms with Crippen LogP contribution in [-0.2, 0) is 0 Å². The number of halogens is 2. The third-order valence-corrected chi connectivity index (χ3v) is 2.38. The highest BCUT2D eigenvalue weighted by atomic mass is 35.5. The van der Waals surface area contributed by atoms with E-state index in [1.807, 2.05) is 19.9 Å². The van der Waals surface area contributed by atoms with Crippen LogP contribution in [0.25, 0.3) is 0 Å². The predicted molar refractivity (Wildman–Crippen MR) is 53.1 cm³/mol. The van der Waals surface area contributed by atoms with Crippen LogP contribution < -0.4 is 0 Å². The molecule has 0 aromatic carbocycles. The number of hydrogen-bond acceptors (Lipinski definition) is 2. The molecule has 1 aromatic rings. The lowest BCUT2D eigenvalue weighted by molar-refractivity contribution is 0.862. The molecule has 0 aliphatic carbocycles. The molecule has 0 N–H and O–H groups in total. The largest absolute Gasteiger partial charge is 0.242 e. The van der Waals surface area contributed by atoms with Crippen molar-refractivity contribution in [2.45, 2.75) is 19.8 Å². The van der Waals surface area contributed by atoms with Crippen molar-refractivity contribution >= 4 is 23.2 Å². The normalized spacial score (nSPS) is 10.2. The van der Waals surface area contributed by atoms with Crippen LogP contribution in [0, 0.1) is 11.3 Å². The lowest BCUT2D eigenvalue weighted by Gasteiger charge is -2.10. The molecule has 1 heterocycles. The molecule has 1 aromatic heterocycles. The first-order valence-electron chi connectivity index (χ1n) is 3.82. The number of nitrogens with zero attached hydrogens (tertiary/aromatic N) is 2. The first kappa shape index (κ1) is 10.3. The minimum Gasteiger partial charge on any atom is -0.242 e. The van der Waals surface area contributed by atoms with E-state index >= 15 is 0 Å². The van der Waals surface area contributed by atoms with Crippen LogP contribution in [0.2, 0.25) is 10.0 Å². The third kappa shape index (κ3) is 1.93. The summed E-state index contributed by atoms with van der Waals surface area (Å²) < 4.78 is 0. The van der Waals surface area contributed by atoms with Gasteiger partial charge in [0.05, 0.1) is 10.0 Å². The van der Waals surface area contributed by atoms with Gasteiger partial charge in [-0.25, -0.2) is 4.98 Å². The molecule has 0 fully saturated rings. The van der Waals surface area contributed by atoms with Crippen LogP contribution in [-0.4, -0.2) is 4.98 Å². The van der Waals surface area contributed by atoms with Crippen molar-refractivity contribution in [2.75, 3.05) is 0 Å². The van der Waals surface area contributed by atoms with Gasteiger partial charge < -0.3 is 0 Å². The lowest BCUT2D eigenvalue weighted by atomic mass is 10.0. The summed E-state index contributed by atoms with van der Waals surface area (Å²) in [6.07, 6.45) is 1.46. The van der Waals surface area contributed by atoms with Crippen LogP contribution >= 0.6 is 23.2 Å². The van der Waals surface area contributed by atoms with E-state index in [-0.39, 0.29) is 11.6 Å². The first-order chi connectivity index (χ1) is 6.07. The minimum atomic E-state index is 0.190. The first-order valence-corrected chi connectivity index (χ1v) is 4.57. The topological polar surface area (TPSA) is 36.7 Å². The Morgan fingerprint density at radius 3 is 2.54 bits per heavy atom. The van der Waals surface area contributed by atoms with Crippen molar-refractivity contribution in [1.82, 2.24) is 4.98 Å². The van der Waals surface area contributed by atoms with Crippen LogP contribution in [0.5, 0.6) is 0 Å². The Labute approximate surface area is 87.1 Å². The Balaban J connectivity index is 3.41. The molecule has 0 unspecified atom stereocenters. The van der Waals surface area contributed by atoms with E-state index in [0.29, 0.717) is 10.0 Å². The number of nitriles is 1. The summed E-state index contributed by atoms with van der Waals surface area (Å²) in [5.41, 5.74) is 1.02. The maximum Gasteiger partial charge on any atom is 0.159 e. The highest BCUT2D eigenvalue weighted by Crippen LogP contribution is 2.32. The predicted octanol–water partition coefficient (Wildman–Crippen LogP) is 3.38. The average Bonchev–Trinajstić information content (AvgIpc) is 2.04. The summed E-state index contributed by atoms with van der Waals surface area (Å²) in [6, 6.07) is 1.92. The molecule has 2 nitrogen and oxygen atoms in total. The van der Waals surface area contributed by atoms with E-state index in [9.17, 15) is 0 Å². The van der Waals surface area contributed by atoms with Crippen molar-refractivity contribution in [3.05, 3.63) is 27.5 Å². The summed E-state index contributed by atoms with van der Waals surface area (Å²) in [5.74, 6) is 0.190. The zero-order valence-corrected chi connectivity index (χ0v) is 8.82. The van der Waals surface area contributed by atoms with E-state index in [0.717, 1.165) is 5.56 Å². The van der Waals surface area contributed by atoms with Crippen LogP contribution in [0.4, 0.5) is 0 Å². The molecule has 0 saturated carbocycles. The molecule has 0 radical (unpaired) electrons. The molecule has 0 atom stereocenters. The quantitative estimate of drug-likeness (QED) is 0.719. The number of pyridine rings is 1. The molecule has 4 heteroatoms. The van der Waals surface area contributed by atoms with Gasteiger partial charge in [0, 0.05) is 6.20 Å². The highest BCUT2D eigenvalue weighted by molar-refractivity contribution is 6.36. The van der Waals surface area contributed by atoms with Crippen molar-refractivity contribution in [3.63, 3.8) is 0 Å². The average molecular weight is 215 g/mol. The van der Waals surface area contributed by atoms with Crippen molar-refractivity contribution in [2.24, 2.45) is 0 Å². The van der Waals surface area contributed by atoms with Crippen LogP contribution in [0.15, 0.2) is 6.20 Å². The van der Waals surface area contributed by atoms with Gasteiger partial charge in [0.15, 0.2) is 5.69 Å². The SMILES string of the molecule is CC(C)c1c(Cl)cnc(C#N)c1Cl. The van der Waals surface area contributed by atoms with Crippen LogP contribution in [0.3, 0.4) is 0 Å². The fraction of sp³-hybridized carbons (Fsp3) is 0.333. The van der Waals surface area contributed by atoms with E-state index in [2.05, 4.69) is 4.98 Å². The zero-order chi connectivity index (χ0) is 10.0. The van der Waals surface area contributed by atoms with Gasteiger partial charge in [-0.3, -0.25) is 0 Å². The monoisotopic (exact) mass is 214 g/mol. The summed E-state index contributed by atoms with van der Waals surface area (Å²) in [5, 5.41) is 9.55. The minimum absolute atomic E-state index is 0.190. The maximum absolute atomic E-state index is 8.68. The van der Waals surface area contributed by atoms with Crippen molar-refractivity contribution in [3.8, 4) is 6.07 Å². The van der Waals surface area contributed by atoms with Gasteiger partial charge in [0.2, 0.25) is 0 Å². The second kappa shape index (κ2) is 3.95. The Bertz CT molecular complexity index is 367. The number of rotatable bonds is 1. The Morgan fingerprint density at radius 1 is 1.46 bits per heavy atom. The van der Waals surface area contributed by atoms with Gasteiger partial charge in [-0.1, -0.05) is 37.0 Å². The smallest absolute Gasteiger partial charge is 0.159 e. The summed E-state index contributed by atoms with van der Waals surface area (Å²) >= 11 is 11.8. The van der Waals surface area contributed by atoms with Gasteiger partial charge in [-0.15, -0.1) is 0 Å². The zero-order valence-electron chi connectivity index (χ0n) is 7.31. The number of hydrogen-bond donors (Lipinski definition) is 0.